The van der Waals surface area contributed by atoms with Crippen molar-refractivity contribution >= 4 is 11.9 Å². The minimum Gasteiger partial charge on any atom is -0.493 e. The summed E-state index contributed by atoms with van der Waals surface area (Å²) in [5, 5.41) is 3.30. The van der Waals surface area contributed by atoms with Crippen molar-refractivity contribution in [1.82, 2.24) is 15.1 Å². The lowest BCUT2D eigenvalue weighted by Crippen LogP contribution is -2.45. The molecule has 2 rings (SSSR count). The number of carbonyl (C=O) groups excluding carboxylic acids is 1. The predicted octanol–water partition coefficient (Wildman–Crippen LogP) is 2.32. The summed E-state index contributed by atoms with van der Waals surface area (Å²) in [4.78, 5) is 20.9. The molecule has 0 bridgehead atoms. The lowest BCUT2D eigenvalue weighted by molar-refractivity contribution is -0.131. The molecule has 6 heteroatoms. The molecule has 1 amide bonds. The Morgan fingerprint density at radius 3 is 2.69 bits per heavy atom. The summed E-state index contributed by atoms with van der Waals surface area (Å²) in [7, 11) is 1.92. The molecule has 1 aromatic carbocycles. The number of guanidine groups is 1. The van der Waals surface area contributed by atoms with Crippen LogP contribution < -0.4 is 10.1 Å². The van der Waals surface area contributed by atoms with Crippen LogP contribution >= 0.6 is 0 Å². The molecule has 26 heavy (non-hydrogen) atoms. The van der Waals surface area contributed by atoms with Gasteiger partial charge >= 0.3 is 0 Å². The van der Waals surface area contributed by atoms with Crippen LogP contribution in [0.3, 0.4) is 0 Å². The highest BCUT2D eigenvalue weighted by Gasteiger charge is 2.21. The van der Waals surface area contributed by atoms with Gasteiger partial charge in [-0.2, -0.15) is 0 Å². The van der Waals surface area contributed by atoms with Crippen molar-refractivity contribution in [1.29, 1.82) is 0 Å². The Morgan fingerprint density at radius 1 is 1.27 bits per heavy atom. The first-order valence-electron chi connectivity index (χ1n) is 9.59. The van der Waals surface area contributed by atoms with Crippen molar-refractivity contribution in [2.75, 3.05) is 46.4 Å². The Morgan fingerprint density at radius 2 is 2.00 bits per heavy atom. The minimum atomic E-state index is 0.125. The monoisotopic (exact) mass is 360 g/mol. The van der Waals surface area contributed by atoms with Crippen molar-refractivity contribution < 1.29 is 9.53 Å². The number of ether oxygens (including phenoxy) is 1. The second-order valence-electron chi connectivity index (χ2n) is 6.49. The maximum atomic E-state index is 12.4. The van der Waals surface area contributed by atoms with Crippen LogP contribution in [0.2, 0.25) is 0 Å². The third kappa shape index (κ3) is 5.13. The maximum absolute atomic E-state index is 12.4. The Kier molecular flexibility index (Phi) is 7.75. The SMILES string of the molecule is CCNC(=NCC1CCOc2ccccc21)N(C)CC(=O)N(CC)CC. The predicted molar refractivity (Wildman–Crippen MR) is 106 cm³/mol. The van der Waals surface area contributed by atoms with Crippen LogP contribution in [-0.4, -0.2) is 68.0 Å². The van der Waals surface area contributed by atoms with Crippen molar-refractivity contribution in [2.45, 2.75) is 33.1 Å². The Bertz CT molecular complexity index is 614. The van der Waals surface area contributed by atoms with Gasteiger partial charge in [-0.15, -0.1) is 0 Å². The van der Waals surface area contributed by atoms with Gasteiger partial charge in [-0.3, -0.25) is 9.79 Å². The third-order valence-corrected chi connectivity index (χ3v) is 4.73. The fourth-order valence-electron chi connectivity index (χ4n) is 3.23. The summed E-state index contributed by atoms with van der Waals surface area (Å²) in [6.07, 6.45) is 0.960. The fraction of sp³-hybridized carbons (Fsp3) is 0.600. The van der Waals surface area contributed by atoms with Crippen LogP contribution in [-0.2, 0) is 4.79 Å². The molecule has 144 valence electrons. The van der Waals surface area contributed by atoms with Crippen LogP contribution in [0.5, 0.6) is 5.75 Å². The van der Waals surface area contributed by atoms with Gasteiger partial charge in [0, 0.05) is 39.1 Å². The molecule has 1 unspecified atom stereocenters. The Balaban J connectivity index is 2.06. The van der Waals surface area contributed by atoms with E-state index in [1.807, 2.05) is 55.8 Å². The fourth-order valence-corrected chi connectivity index (χ4v) is 3.23. The number of para-hydroxylation sites is 1. The smallest absolute Gasteiger partial charge is 0.242 e. The summed E-state index contributed by atoms with van der Waals surface area (Å²) in [6.45, 7) is 10.0. The zero-order valence-corrected chi connectivity index (χ0v) is 16.5. The number of nitrogens with zero attached hydrogens (tertiary/aromatic N) is 3. The van der Waals surface area contributed by atoms with E-state index in [1.165, 1.54) is 5.56 Å². The molecule has 0 saturated heterocycles. The quantitative estimate of drug-likeness (QED) is 0.599. The van der Waals surface area contributed by atoms with E-state index >= 15 is 0 Å². The van der Waals surface area contributed by atoms with Crippen LogP contribution in [0.4, 0.5) is 0 Å². The van der Waals surface area contributed by atoms with Crippen LogP contribution in [0.15, 0.2) is 29.3 Å². The van der Waals surface area contributed by atoms with E-state index < -0.39 is 0 Å². The van der Waals surface area contributed by atoms with Gasteiger partial charge in [0.25, 0.3) is 0 Å². The third-order valence-electron chi connectivity index (χ3n) is 4.73. The number of amides is 1. The second kappa shape index (κ2) is 10.0. The lowest BCUT2D eigenvalue weighted by atomic mass is 9.93. The molecule has 0 saturated carbocycles. The number of aliphatic imine (C=N–C) groups is 1. The number of fused-ring (bicyclic) bond motifs is 1. The van der Waals surface area contributed by atoms with Gasteiger partial charge in [0.1, 0.15) is 5.75 Å². The summed E-state index contributed by atoms with van der Waals surface area (Å²) < 4.78 is 5.73. The van der Waals surface area contributed by atoms with E-state index in [-0.39, 0.29) is 5.91 Å². The summed E-state index contributed by atoms with van der Waals surface area (Å²) in [5.41, 5.74) is 1.22. The van der Waals surface area contributed by atoms with E-state index in [0.29, 0.717) is 19.0 Å². The second-order valence-corrected chi connectivity index (χ2v) is 6.49. The molecule has 0 radical (unpaired) electrons. The normalized spacial score (nSPS) is 16.5. The Hall–Kier alpha value is -2.24. The zero-order chi connectivity index (χ0) is 18.9. The average molecular weight is 361 g/mol. The van der Waals surface area contributed by atoms with E-state index in [1.54, 1.807) is 0 Å². The van der Waals surface area contributed by atoms with Crippen molar-refractivity contribution in [3.8, 4) is 5.75 Å². The van der Waals surface area contributed by atoms with Gasteiger partial charge in [0.05, 0.1) is 13.2 Å². The molecule has 1 aliphatic heterocycles. The molecule has 0 fully saturated rings. The van der Waals surface area contributed by atoms with Gasteiger partial charge < -0.3 is 19.9 Å². The first kappa shape index (κ1) is 20.1. The zero-order valence-electron chi connectivity index (χ0n) is 16.5. The summed E-state index contributed by atoms with van der Waals surface area (Å²) in [6, 6.07) is 8.19. The van der Waals surface area contributed by atoms with Gasteiger partial charge in [-0.05, 0) is 38.8 Å². The van der Waals surface area contributed by atoms with E-state index in [9.17, 15) is 4.79 Å². The number of nitrogens with one attached hydrogen (secondary N) is 1. The van der Waals surface area contributed by atoms with Gasteiger partial charge in [-0.25, -0.2) is 0 Å². The van der Waals surface area contributed by atoms with Crippen LogP contribution in [0.1, 0.15) is 38.7 Å². The van der Waals surface area contributed by atoms with Gasteiger partial charge in [0.2, 0.25) is 5.91 Å². The van der Waals surface area contributed by atoms with Crippen LogP contribution in [0, 0.1) is 0 Å². The molecule has 0 aromatic heterocycles. The molecular formula is C20H32N4O2. The van der Waals surface area contributed by atoms with Crippen molar-refractivity contribution in [3.63, 3.8) is 0 Å². The number of hydrogen-bond donors (Lipinski definition) is 1. The molecule has 1 heterocycles. The molecule has 1 aliphatic rings. The molecule has 6 nitrogen and oxygen atoms in total. The number of benzene rings is 1. The van der Waals surface area contributed by atoms with Crippen LogP contribution in [0.25, 0.3) is 0 Å². The van der Waals surface area contributed by atoms with E-state index in [2.05, 4.69) is 11.4 Å². The molecule has 1 aromatic rings. The molecule has 0 aliphatic carbocycles. The number of rotatable bonds is 7. The van der Waals surface area contributed by atoms with Gasteiger partial charge in [0.15, 0.2) is 5.96 Å². The lowest BCUT2D eigenvalue weighted by Gasteiger charge is -2.27. The van der Waals surface area contributed by atoms with Crippen molar-refractivity contribution in [3.05, 3.63) is 29.8 Å². The average Bonchev–Trinajstić information content (AvgIpc) is 2.66. The topological polar surface area (TPSA) is 57.2 Å². The Labute approximate surface area is 157 Å². The summed E-state index contributed by atoms with van der Waals surface area (Å²) >= 11 is 0. The number of hydrogen-bond acceptors (Lipinski definition) is 3. The van der Waals surface area contributed by atoms with Crippen molar-refractivity contribution in [2.24, 2.45) is 4.99 Å². The largest absolute Gasteiger partial charge is 0.493 e. The number of carbonyl (C=O) groups is 1. The molecular weight excluding hydrogens is 328 g/mol. The van der Waals surface area contributed by atoms with E-state index in [4.69, 9.17) is 9.73 Å². The first-order chi connectivity index (χ1) is 12.6. The van der Waals surface area contributed by atoms with E-state index in [0.717, 1.165) is 44.4 Å². The standard InChI is InChI=1S/C20H32N4O2/c1-5-21-20(23(4)15-19(25)24(6-2)7-3)22-14-16-12-13-26-18-11-9-8-10-17(16)18/h8-11,16H,5-7,12-15H2,1-4H3,(H,21,22). The van der Waals surface area contributed by atoms with Gasteiger partial charge in [-0.1, -0.05) is 18.2 Å². The number of likely N-dealkylation sites (N-methyl/N-ethyl adjacent to an activating group) is 2. The summed E-state index contributed by atoms with van der Waals surface area (Å²) in [5.74, 6) is 2.21. The minimum absolute atomic E-state index is 0.125. The highest BCUT2D eigenvalue weighted by Crippen LogP contribution is 2.33. The molecule has 1 atom stereocenters. The highest BCUT2D eigenvalue weighted by atomic mass is 16.5. The maximum Gasteiger partial charge on any atom is 0.242 e. The molecule has 1 N–H and O–H groups in total. The first-order valence-corrected chi connectivity index (χ1v) is 9.59. The highest BCUT2D eigenvalue weighted by molar-refractivity contribution is 5.86. The molecule has 0 spiro atoms.